The Balaban J connectivity index is 2.74. The molecular weight excluding hydrogens is 249 g/mol. The third-order valence-corrected chi connectivity index (χ3v) is 4.50. The Kier molecular flexibility index (Phi) is 5.60. The van der Waals surface area contributed by atoms with Gasteiger partial charge in [0.1, 0.15) is 26.2 Å². The summed E-state index contributed by atoms with van der Waals surface area (Å²) in [6.07, 6.45) is -3.11. The molecule has 0 bridgehead atoms. The average molecular weight is 266 g/mol. The van der Waals surface area contributed by atoms with Crippen molar-refractivity contribution in [3.05, 3.63) is 0 Å². The molecule has 2 radical (unpaired) electrons. The Labute approximate surface area is 102 Å². The third kappa shape index (κ3) is 3.52. The van der Waals surface area contributed by atoms with E-state index in [0.717, 1.165) is 0 Å². The van der Waals surface area contributed by atoms with Crippen molar-refractivity contribution in [1.29, 1.82) is 0 Å². The maximum atomic E-state index is 13.8. The molecule has 17 heavy (non-hydrogen) atoms. The number of rotatable bonds is 6. The smallest absolute Gasteiger partial charge is 0.330 e. The normalized spacial score (nSPS) is 36.9. The first-order chi connectivity index (χ1) is 7.97. The summed E-state index contributed by atoms with van der Waals surface area (Å²) in [6.45, 7) is 1.75. The van der Waals surface area contributed by atoms with Gasteiger partial charge in [0, 0.05) is 20.4 Å². The number of hydrogen-bond acceptors (Lipinski definition) is 5. The van der Waals surface area contributed by atoms with Gasteiger partial charge in [0.25, 0.3) is 0 Å². The van der Waals surface area contributed by atoms with Crippen molar-refractivity contribution >= 4 is 15.4 Å². The summed E-state index contributed by atoms with van der Waals surface area (Å²) in [5.74, 6) is 0. The highest BCUT2D eigenvalue weighted by Gasteiger charge is 2.46. The van der Waals surface area contributed by atoms with Crippen molar-refractivity contribution < 1.29 is 27.5 Å². The Bertz CT molecular complexity index is 285. The van der Waals surface area contributed by atoms with Crippen molar-refractivity contribution in [1.82, 2.24) is 0 Å². The molecule has 0 N–H and O–H groups in total. The summed E-state index contributed by atoms with van der Waals surface area (Å²) < 4.78 is 45.7. The first-order valence-corrected chi connectivity index (χ1v) is 7.07. The van der Waals surface area contributed by atoms with E-state index in [-0.39, 0.29) is 12.8 Å². The Morgan fingerprint density at radius 1 is 1.47 bits per heavy atom. The van der Waals surface area contributed by atoms with E-state index in [4.69, 9.17) is 26.4 Å². The van der Waals surface area contributed by atoms with Gasteiger partial charge in [-0.3, -0.25) is 9.09 Å². The van der Waals surface area contributed by atoms with E-state index in [9.17, 15) is 8.96 Å². The van der Waals surface area contributed by atoms with Crippen LogP contribution in [-0.4, -0.2) is 59.2 Å². The third-order valence-electron chi connectivity index (χ3n) is 2.60. The van der Waals surface area contributed by atoms with Crippen LogP contribution in [0.15, 0.2) is 0 Å². The first-order valence-electron chi connectivity index (χ1n) is 5.34. The second-order valence-electron chi connectivity index (χ2n) is 3.72. The SMILES string of the molecule is [B]C1OC(COC)C(OP(=O)(CC)OC)C1F. The monoisotopic (exact) mass is 266 g/mol. The van der Waals surface area contributed by atoms with E-state index in [1.165, 1.54) is 14.2 Å². The number of ether oxygens (including phenoxy) is 2. The summed E-state index contributed by atoms with van der Waals surface area (Å²) in [4.78, 5) is 0. The molecule has 98 valence electrons. The van der Waals surface area contributed by atoms with E-state index in [2.05, 4.69) is 0 Å². The van der Waals surface area contributed by atoms with E-state index < -0.39 is 32.0 Å². The standard InChI is InChI=1S/C9H17BFO5P/c1-4-17(12,14-3)16-8-6(5-13-2)15-9(10)7(8)11/h6-9H,4-5H2,1-3H3. The van der Waals surface area contributed by atoms with Crippen LogP contribution in [0, 0.1) is 0 Å². The molecule has 5 unspecified atom stereocenters. The van der Waals surface area contributed by atoms with Gasteiger partial charge >= 0.3 is 7.60 Å². The highest BCUT2D eigenvalue weighted by molar-refractivity contribution is 7.53. The molecule has 1 saturated heterocycles. The predicted molar refractivity (Wildman–Crippen MR) is 61.2 cm³/mol. The lowest BCUT2D eigenvalue weighted by molar-refractivity contribution is -0.0142. The van der Waals surface area contributed by atoms with Crippen LogP contribution in [0.1, 0.15) is 6.92 Å². The number of hydrogen-bond donors (Lipinski definition) is 0. The molecule has 0 spiro atoms. The van der Waals surface area contributed by atoms with Crippen molar-refractivity contribution in [3.8, 4) is 0 Å². The molecule has 5 nitrogen and oxygen atoms in total. The van der Waals surface area contributed by atoms with Crippen molar-refractivity contribution in [2.75, 3.05) is 27.0 Å². The lowest BCUT2D eigenvalue weighted by Gasteiger charge is -2.24. The zero-order valence-electron chi connectivity index (χ0n) is 10.2. The van der Waals surface area contributed by atoms with Gasteiger partial charge in [0.05, 0.1) is 12.6 Å². The van der Waals surface area contributed by atoms with Crippen molar-refractivity contribution in [2.45, 2.75) is 31.3 Å². The van der Waals surface area contributed by atoms with Crippen LogP contribution in [0.2, 0.25) is 0 Å². The lowest BCUT2D eigenvalue weighted by atomic mass is 9.94. The molecule has 1 fully saturated rings. The molecule has 1 aliphatic rings. The van der Waals surface area contributed by atoms with Gasteiger partial charge in [-0.15, -0.1) is 0 Å². The summed E-state index contributed by atoms with van der Waals surface area (Å²) in [7, 11) is 4.86. The highest BCUT2D eigenvalue weighted by Crippen LogP contribution is 2.50. The Morgan fingerprint density at radius 3 is 2.59 bits per heavy atom. The van der Waals surface area contributed by atoms with Crippen LogP contribution in [-0.2, 0) is 23.1 Å². The van der Waals surface area contributed by atoms with E-state index in [0.29, 0.717) is 0 Å². The largest absolute Gasteiger partial charge is 0.382 e. The summed E-state index contributed by atoms with van der Waals surface area (Å²) in [5.41, 5.74) is 0. The van der Waals surface area contributed by atoms with Gasteiger partial charge in [0.15, 0.2) is 0 Å². The van der Waals surface area contributed by atoms with Gasteiger partial charge in [0.2, 0.25) is 0 Å². The van der Waals surface area contributed by atoms with Crippen LogP contribution < -0.4 is 0 Å². The molecule has 0 aromatic rings. The second kappa shape index (κ2) is 6.30. The fraction of sp³-hybridized carbons (Fsp3) is 1.00. The molecule has 1 aliphatic heterocycles. The predicted octanol–water partition coefficient (Wildman–Crippen LogP) is 1.11. The molecule has 1 rings (SSSR count). The van der Waals surface area contributed by atoms with Crippen LogP contribution in [0.3, 0.4) is 0 Å². The molecule has 0 aromatic carbocycles. The summed E-state index contributed by atoms with van der Waals surface area (Å²) >= 11 is 0. The fourth-order valence-electron chi connectivity index (χ4n) is 1.60. The minimum atomic E-state index is -3.29. The lowest BCUT2D eigenvalue weighted by Crippen LogP contribution is -2.34. The topological polar surface area (TPSA) is 54.0 Å². The molecule has 0 amide bonds. The molecule has 5 atom stereocenters. The molecule has 8 heteroatoms. The molecule has 1 heterocycles. The van der Waals surface area contributed by atoms with Crippen LogP contribution in [0.4, 0.5) is 4.39 Å². The minimum absolute atomic E-state index is 0.117. The molecular formula is C9H17BFO5P. The first kappa shape index (κ1) is 15.1. The minimum Gasteiger partial charge on any atom is -0.382 e. The quantitative estimate of drug-likeness (QED) is 0.532. The van der Waals surface area contributed by atoms with Gasteiger partial charge < -0.3 is 14.0 Å². The van der Waals surface area contributed by atoms with Crippen molar-refractivity contribution in [3.63, 3.8) is 0 Å². The van der Waals surface area contributed by atoms with Crippen LogP contribution in [0.25, 0.3) is 0 Å². The average Bonchev–Trinajstić information content (AvgIpc) is 2.57. The second-order valence-corrected chi connectivity index (χ2v) is 6.15. The van der Waals surface area contributed by atoms with Gasteiger partial charge in [-0.2, -0.15) is 0 Å². The number of halogens is 1. The number of alkyl halides is 1. The maximum Gasteiger partial charge on any atom is 0.330 e. The number of methoxy groups -OCH3 is 1. The maximum absolute atomic E-state index is 13.8. The summed E-state index contributed by atoms with van der Waals surface area (Å²) in [5, 5.41) is 0. The van der Waals surface area contributed by atoms with E-state index in [1.807, 2.05) is 0 Å². The Morgan fingerprint density at radius 2 is 2.12 bits per heavy atom. The Hall–Kier alpha value is 0.0649. The van der Waals surface area contributed by atoms with Crippen LogP contribution in [0.5, 0.6) is 0 Å². The van der Waals surface area contributed by atoms with E-state index in [1.54, 1.807) is 6.92 Å². The van der Waals surface area contributed by atoms with Gasteiger partial charge in [-0.1, -0.05) is 6.92 Å². The highest BCUT2D eigenvalue weighted by atomic mass is 31.2. The van der Waals surface area contributed by atoms with Gasteiger partial charge in [-0.25, -0.2) is 4.39 Å². The molecule has 0 saturated carbocycles. The van der Waals surface area contributed by atoms with Gasteiger partial charge in [-0.05, 0) is 0 Å². The van der Waals surface area contributed by atoms with Crippen molar-refractivity contribution in [2.24, 2.45) is 0 Å². The fourth-order valence-corrected chi connectivity index (χ4v) is 2.72. The zero-order chi connectivity index (χ0) is 13.1. The van der Waals surface area contributed by atoms with E-state index >= 15 is 0 Å². The zero-order valence-corrected chi connectivity index (χ0v) is 11.1. The van der Waals surface area contributed by atoms with Crippen LogP contribution >= 0.6 is 7.60 Å². The summed E-state index contributed by atoms with van der Waals surface area (Å²) in [6, 6.07) is -1.10. The molecule has 0 aliphatic carbocycles. The molecule has 0 aromatic heterocycles.